The molecule has 1 saturated heterocycles. The van der Waals surface area contributed by atoms with Crippen LogP contribution >= 0.6 is 0 Å². The number of Topliss-reactive ketones (excluding diaryl/α,β-unsaturated/α-hetero) is 2. The van der Waals surface area contributed by atoms with Crippen molar-refractivity contribution in [3.63, 3.8) is 0 Å². The Kier molecular flexibility index (Phi) is 25.5. The van der Waals surface area contributed by atoms with Crippen molar-refractivity contribution in [2.75, 3.05) is 60.3 Å². The summed E-state index contributed by atoms with van der Waals surface area (Å²) in [7, 11) is 8.73. The number of primary amides is 1. The van der Waals surface area contributed by atoms with E-state index in [2.05, 4.69) is 21.3 Å². The summed E-state index contributed by atoms with van der Waals surface area (Å²) in [5, 5.41) is 22.4. The number of aliphatic hydroxyl groups excluding tert-OH is 1. The van der Waals surface area contributed by atoms with E-state index in [9.17, 15) is 38.7 Å². The summed E-state index contributed by atoms with van der Waals surface area (Å²) < 4.78 is 6.09. The van der Waals surface area contributed by atoms with Crippen LogP contribution in [0.5, 0.6) is 0 Å². The number of anilines is 1. The number of methoxy groups -OCH3 is 1. The zero-order chi connectivity index (χ0) is 53.8. The van der Waals surface area contributed by atoms with E-state index < -0.39 is 60.0 Å². The smallest absolute Gasteiger partial charge is 0.312 e. The fraction of sp³-hybridized carbons (Fsp3) is 0.655. The van der Waals surface area contributed by atoms with Gasteiger partial charge in [0.1, 0.15) is 0 Å². The second-order valence-electron chi connectivity index (χ2n) is 20.8. The van der Waals surface area contributed by atoms with Gasteiger partial charge in [0, 0.05) is 76.2 Å². The summed E-state index contributed by atoms with van der Waals surface area (Å²) in [6, 6.07) is 13.0. The number of hydrogen-bond donors (Lipinski definition) is 6. The van der Waals surface area contributed by atoms with Crippen LogP contribution in [0.2, 0.25) is 0 Å². The van der Waals surface area contributed by atoms with E-state index in [1.807, 2.05) is 90.9 Å². The number of benzene rings is 2. The Morgan fingerprint density at radius 2 is 1.50 bits per heavy atom. The average molecular weight is 1010 g/mol. The van der Waals surface area contributed by atoms with Crippen LogP contribution in [-0.2, 0) is 46.3 Å². The molecule has 10 atom stereocenters. The molecule has 3 rings (SSSR count). The molecule has 402 valence electrons. The van der Waals surface area contributed by atoms with Gasteiger partial charge in [-0.2, -0.15) is 0 Å². The molecule has 7 N–H and O–H groups in total. The molecule has 0 aromatic heterocycles. The van der Waals surface area contributed by atoms with Gasteiger partial charge in [0.25, 0.3) is 0 Å². The van der Waals surface area contributed by atoms with Crippen molar-refractivity contribution in [3.05, 3.63) is 65.7 Å². The van der Waals surface area contributed by atoms with Gasteiger partial charge in [-0.15, -0.1) is 0 Å². The number of carbonyl (C=O) groups is 7. The highest BCUT2D eigenvalue weighted by Crippen LogP contribution is 2.33. The Morgan fingerprint density at radius 3 is 2.04 bits per heavy atom. The van der Waals surface area contributed by atoms with Gasteiger partial charge in [-0.3, -0.25) is 33.7 Å². The van der Waals surface area contributed by atoms with Crippen LogP contribution in [0.15, 0.2) is 54.6 Å². The predicted molar refractivity (Wildman–Crippen MR) is 282 cm³/mol. The Balaban J connectivity index is 1.78. The molecular weight excluding hydrogens is 917 g/mol. The Morgan fingerprint density at radius 1 is 0.847 bits per heavy atom. The lowest BCUT2D eigenvalue weighted by Gasteiger charge is -2.41. The number of hydrogen-bond acceptors (Lipinski definition) is 11. The Bertz CT molecular complexity index is 2040. The van der Waals surface area contributed by atoms with Crippen LogP contribution in [0.1, 0.15) is 105 Å². The van der Waals surface area contributed by atoms with Crippen molar-refractivity contribution in [1.82, 2.24) is 30.7 Å². The first-order valence-electron chi connectivity index (χ1n) is 26.0. The lowest BCUT2D eigenvalue weighted by molar-refractivity contribution is -0.148. The Labute approximate surface area is 429 Å². The van der Waals surface area contributed by atoms with E-state index in [0.717, 1.165) is 5.56 Å². The summed E-state index contributed by atoms with van der Waals surface area (Å²) in [4.78, 5) is 100. The fourth-order valence-electron chi connectivity index (χ4n) is 10.4. The summed E-state index contributed by atoms with van der Waals surface area (Å²) in [6.45, 7) is 14.1. The molecule has 2 aromatic carbocycles. The van der Waals surface area contributed by atoms with Crippen molar-refractivity contribution in [1.29, 1.82) is 0 Å². The van der Waals surface area contributed by atoms with Crippen LogP contribution in [0, 0.1) is 35.5 Å². The quantitative estimate of drug-likeness (QED) is 0.0560. The molecular formula is C55H88N8O9. The van der Waals surface area contributed by atoms with Crippen LogP contribution < -0.4 is 27.0 Å². The minimum Gasteiger partial charge on any atom is -0.396 e. The third-order valence-corrected chi connectivity index (χ3v) is 14.7. The lowest BCUT2D eigenvalue weighted by atomic mass is 9.83. The molecule has 0 radical (unpaired) electrons. The number of ketones is 2. The maximum Gasteiger partial charge on any atom is 0.312 e. The normalized spacial score (nSPS) is 17.6. The molecule has 1 aliphatic rings. The van der Waals surface area contributed by atoms with Crippen LogP contribution in [0.3, 0.4) is 0 Å². The zero-order valence-electron chi connectivity index (χ0n) is 45.2. The molecule has 0 spiro atoms. The number of aliphatic hydroxyl groups is 1. The number of likely N-dealkylation sites (N-methyl/N-ethyl adjacent to an activating group) is 3. The van der Waals surface area contributed by atoms with Gasteiger partial charge in [0.15, 0.2) is 11.6 Å². The monoisotopic (exact) mass is 1000 g/mol. The number of urea groups is 1. The third kappa shape index (κ3) is 17.8. The standard InChI is InChI=1S/C55H88N8O9/c1-13-36(6)51(62(11)54(70)41(34(2)3)31-47(66)50(35(4)5)61(9)10)48(72-12)32-49(67)63-28-18-22-45(63)42(33-64)37(7)52(68)60-44(29-38-19-15-14-16-20-38)46(65)30-39-23-25-40(26-24-39)59-53(69)43(57-8)21-17-27-58-55(56)71/h14-16,19-20,23-26,34-37,41-45,48,50-51,57,64H,13,17-18,21-22,27-33H2,1-12H3,(H,59,69)(H,60,68)(H3,56,58,71)/t36-,37+,41-,42+,43-,44-,45-,48+,50-,51-/m0/s1. The van der Waals surface area contributed by atoms with E-state index in [1.165, 1.54) is 0 Å². The van der Waals surface area contributed by atoms with Gasteiger partial charge in [-0.05, 0) is 94.3 Å². The summed E-state index contributed by atoms with van der Waals surface area (Å²) in [5.41, 5.74) is 7.21. The van der Waals surface area contributed by atoms with Gasteiger partial charge in [-0.1, -0.05) is 97.4 Å². The number of rotatable bonds is 31. The number of carbonyl (C=O) groups excluding carboxylic acids is 7. The highest BCUT2D eigenvalue weighted by Gasteiger charge is 2.43. The molecule has 17 nitrogen and oxygen atoms in total. The minimum atomic E-state index is -0.902. The molecule has 0 aliphatic carbocycles. The van der Waals surface area contributed by atoms with E-state index in [-0.39, 0.29) is 85.4 Å². The van der Waals surface area contributed by atoms with Gasteiger partial charge < -0.3 is 46.6 Å². The predicted octanol–water partition coefficient (Wildman–Crippen LogP) is 4.83. The molecule has 0 saturated carbocycles. The highest BCUT2D eigenvalue weighted by molar-refractivity contribution is 5.95. The minimum absolute atomic E-state index is 0.00508. The SMILES string of the molecule is CC[C@H](C)[C@@H]([C@@H](CC(=O)N1CCC[C@H]1[C@H](CO)[C@@H](C)C(=O)N[C@@H](Cc1ccccc1)C(=O)Cc1ccc(NC(=O)[C@H](CCCNC(N)=O)NC)cc1)OC)N(C)C(=O)[C@@H](CC(=O)[C@H](C(C)C)N(C)C)C(C)C. The molecule has 72 heavy (non-hydrogen) atoms. The van der Waals surface area contributed by atoms with Gasteiger partial charge >= 0.3 is 6.03 Å². The molecule has 0 bridgehead atoms. The van der Waals surface area contributed by atoms with Crippen LogP contribution in [-0.4, -0.2) is 152 Å². The number of likely N-dealkylation sites (tertiary alicyclic amines) is 1. The average Bonchev–Trinajstić information content (AvgIpc) is 3.82. The van der Waals surface area contributed by atoms with Gasteiger partial charge in [-0.25, -0.2) is 4.79 Å². The fourth-order valence-corrected chi connectivity index (χ4v) is 10.4. The van der Waals surface area contributed by atoms with Crippen molar-refractivity contribution in [2.24, 2.45) is 41.2 Å². The number of nitrogens with two attached hydrogens (primary N) is 1. The first-order valence-corrected chi connectivity index (χ1v) is 26.0. The van der Waals surface area contributed by atoms with Crippen molar-refractivity contribution in [3.8, 4) is 0 Å². The largest absolute Gasteiger partial charge is 0.396 e. The number of amides is 6. The van der Waals surface area contributed by atoms with E-state index >= 15 is 0 Å². The summed E-state index contributed by atoms with van der Waals surface area (Å²) in [5.74, 6) is -3.31. The number of ether oxygens (including phenoxy) is 1. The van der Waals surface area contributed by atoms with E-state index in [4.69, 9.17) is 10.5 Å². The maximum atomic E-state index is 14.5. The highest BCUT2D eigenvalue weighted by atomic mass is 16.5. The first kappa shape index (κ1) is 61.1. The topological polar surface area (TPSA) is 233 Å². The molecule has 17 heteroatoms. The number of nitrogens with one attached hydrogen (secondary N) is 4. The van der Waals surface area contributed by atoms with Gasteiger partial charge in [0.05, 0.1) is 36.7 Å². The molecule has 0 unspecified atom stereocenters. The van der Waals surface area contributed by atoms with Gasteiger partial charge in [0.2, 0.25) is 23.6 Å². The molecule has 2 aromatic rings. The molecule has 1 heterocycles. The number of nitrogens with zero attached hydrogens (tertiary/aromatic N) is 3. The van der Waals surface area contributed by atoms with Crippen molar-refractivity contribution >= 4 is 46.9 Å². The van der Waals surface area contributed by atoms with Crippen molar-refractivity contribution < 1.29 is 43.4 Å². The second-order valence-corrected chi connectivity index (χ2v) is 20.8. The summed E-state index contributed by atoms with van der Waals surface area (Å²) in [6.07, 6.45) is 2.60. The van der Waals surface area contributed by atoms with E-state index in [1.54, 1.807) is 62.2 Å². The lowest BCUT2D eigenvalue weighted by Crippen LogP contribution is -2.54. The maximum absolute atomic E-state index is 14.5. The first-order chi connectivity index (χ1) is 34.1. The zero-order valence-corrected chi connectivity index (χ0v) is 45.2. The van der Waals surface area contributed by atoms with Crippen LogP contribution in [0.25, 0.3) is 0 Å². The Hall–Kier alpha value is -5.23. The summed E-state index contributed by atoms with van der Waals surface area (Å²) >= 11 is 0. The van der Waals surface area contributed by atoms with Crippen LogP contribution in [0.4, 0.5) is 10.5 Å². The molecule has 6 amide bonds. The van der Waals surface area contributed by atoms with E-state index in [0.29, 0.717) is 56.4 Å². The molecule has 1 fully saturated rings. The third-order valence-electron chi connectivity index (χ3n) is 14.7. The second kappa shape index (κ2) is 30.1. The molecule has 1 aliphatic heterocycles. The van der Waals surface area contributed by atoms with Crippen molar-refractivity contribution in [2.45, 2.75) is 143 Å².